The molecular formula is C18H29N. The fourth-order valence-electron chi connectivity index (χ4n) is 3.34. The zero-order valence-electron chi connectivity index (χ0n) is 12.8. The quantitative estimate of drug-likeness (QED) is 0.810. The third kappa shape index (κ3) is 4.65. The number of hydrogen-bond donors (Lipinski definition) is 1. The molecule has 1 N–H and O–H groups in total. The van der Waals surface area contributed by atoms with Crippen LogP contribution in [0, 0.1) is 0 Å². The van der Waals surface area contributed by atoms with E-state index >= 15 is 0 Å². The van der Waals surface area contributed by atoms with Crippen LogP contribution >= 0.6 is 0 Å². The molecule has 1 aliphatic carbocycles. The minimum atomic E-state index is 0.556. The predicted molar refractivity (Wildman–Crippen MR) is 83.7 cm³/mol. The van der Waals surface area contributed by atoms with Gasteiger partial charge in [-0.1, -0.05) is 57.4 Å². The first kappa shape index (κ1) is 14.6. The Kier molecular flexibility index (Phi) is 5.45. The van der Waals surface area contributed by atoms with E-state index in [1.807, 2.05) is 0 Å². The van der Waals surface area contributed by atoms with Crippen LogP contribution in [0.3, 0.4) is 0 Å². The summed E-state index contributed by atoms with van der Waals surface area (Å²) >= 11 is 0. The van der Waals surface area contributed by atoms with Crippen molar-refractivity contribution in [2.45, 2.75) is 77.3 Å². The SMILES string of the molecule is CC(C)NC(C)Cc1ccc(C2CCCCC2)cc1. The van der Waals surface area contributed by atoms with Crippen molar-refractivity contribution in [3.05, 3.63) is 35.4 Å². The second-order valence-corrected chi connectivity index (χ2v) is 6.50. The Hall–Kier alpha value is -0.820. The van der Waals surface area contributed by atoms with Crippen LogP contribution in [-0.2, 0) is 6.42 Å². The molecule has 19 heavy (non-hydrogen) atoms. The van der Waals surface area contributed by atoms with Crippen LogP contribution in [0.15, 0.2) is 24.3 Å². The van der Waals surface area contributed by atoms with Crippen molar-refractivity contribution in [1.82, 2.24) is 5.32 Å². The van der Waals surface area contributed by atoms with Crippen LogP contribution < -0.4 is 5.32 Å². The van der Waals surface area contributed by atoms with Gasteiger partial charge in [0.2, 0.25) is 0 Å². The van der Waals surface area contributed by atoms with Gasteiger partial charge >= 0.3 is 0 Å². The van der Waals surface area contributed by atoms with Crippen molar-refractivity contribution in [2.24, 2.45) is 0 Å². The molecule has 0 saturated heterocycles. The number of benzene rings is 1. The van der Waals surface area contributed by atoms with Crippen molar-refractivity contribution >= 4 is 0 Å². The minimum absolute atomic E-state index is 0.556. The van der Waals surface area contributed by atoms with E-state index in [1.54, 1.807) is 5.56 Å². The largest absolute Gasteiger partial charge is 0.312 e. The Labute approximate surface area is 118 Å². The van der Waals surface area contributed by atoms with Crippen molar-refractivity contribution < 1.29 is 0 Å². The van der Waals surface area contributed by atoms with E-state index in [-0.39, 0.29) is 0 Å². The summed E-state index contributed by atoms with van der Waals surface area (Å²) in [6.45, 7) is 6.69. The summed E-state index contributed by atoms with van der Waals surface area (Å²) in [6, 6.07) is 10.5. The molecule has 1 aliphatic rings. The molecule has 1 heteroatoms. The molecule has 1 aromatic rings. The second-order valence-electron chi connectivity index (χ2n) is 6.50. The van der Waals surface area contributed by atoms with Gasteiger partial charge in [0, 0.05) is 12.1 Å². The molecule has 0 heterocycles. The van der Waals surface area contributed by atoms with Gasteiger partial charge < -0.3 is 5.32 Å². The van der Waals surface area contributed by atoms with Gasteiger partial charge in [0.1, 0.15) is 0 Å². The van der Waals surface area contributed by atoms with Gasteiger partial charge in [-0.2, -0.15) is 0 Å². The molecule has 1 atom stereocenters. The van der Waals surface area contributed by atoms with E-state index in [1.165, 1.54) is 37.7 Å². The Morgan fingerprint density at radius 3 is 2.21 bits per heavy atom. The van der Waals surface area contributed by atoms with Crippen LogP contribution in [0.1, 0.15) is 69.9 Å². The van der Waals surface area contributed by atoms with Crippen molar-refractivity contribution in [3.8, 4) is 0 Å². The summed E-state index contributed by atoms with van der Waals surface area (Å²) in [7, 11) is 0. The molecule has 0 amide bonds. The summed E-state index contributed by atoms with van der Waals surface area (Å²) in [5.41, 5.74) is 3.02. The third-order valence-corrected chi connectivity index (χ3v) is 4.22. The highest BCUT2D eigenvalue weighted by atomic mass is 14.9. The molecule has 2 rings (SSSR count). The maximum atomic E-state index is 3.57. The smallest absolute Gasteiger partial charge is 0.00815 e. The lowest BCUT2D eigenvalue weighted by Crippen LogP contribution is -2.33. The molecule has 1 unspecified atom stereocenters. The Morgan fingerprint density at radius 2 is 1.63 bits per heavy atom. The van der Waals surface area contributed by atoms with Gasteiger partial charge in [0.25, 0.3) is 0 Å². The fraction of sp³-hybridized carbons (Fsp3) is 0.667. The van der Waals surface area contributed by atoms with Gasteiger partial charge in [0.05, 0.1) is 0 Å². The maximum absolute atomic E-state index is 3.57. The van der Waals surface area contributed by atoms with Gasteiger partial charge in [0.15, 0.2) is 0 Å². The molecule has 0 spiro atoms. The lowest BCUT2D eigenvalue weighted by atomic mass is 9.84. The topological polar surface area (TPSA) is 12.0 Å². The lowest BCUT2D eigenvalue weighted by molar-refractivity contribution is 0.443. The molecule has 106 valence electrons. The first-order chi connectivity index (χ1) is 9.15. The summed E-state index contributed by atoms with van der Waals surface area (Å²) in [4.78, 5) is 0. The number of nitrogens with one attached hydrogen (secondary N) is 1. The number of hydrogen-bond acceptors (Lipinski definition) is 1. The van der Waals surface area contributed by atoms with Gasteiger partial charge in [-0.3, -0.25) is 0 Å². The van der Waals surface area contributed by atoms with E-state index in [0.717, 1.165) is 12.3 Å². The Bertz CT molecular complexity index is 360. The van der Waals surface area contributed by atoms with Crippen LogP contribution in [-0.4, -0.2) is 12.1 Å². The highest BCUT2D eigenvalue weighted by molar-refractivity contribution is 5.26. The molecule has 0 radical (unpaired) electrons. The second kappa shape index (κ2) is 7.09. The third-order valence-electron chi connectivity index (χ3n) is 4.22. The van der Waals surface area contributed by atoms with Crippen LogP contribution in [0.25, 0.3) is 0 Å². The molecule has 1 fully saturated rings. The molecule has 1 nitrogen and oxygen atoms in total. The van der Waals surface area contributed by atoms with Crippen molar-refractivity contribution in [1.29, 1.82) is 0 Å². The standard InChI is InChI=1S/C18H29N/c1-14(2)19-15(3)13-16-9-11-18(12-10-16)17-7-5-4-6-8-17/h9-12,14-15,17,19H,4-8,13H2,1-3H3. The summed E-state index contributed by atoms with van der Waals surface area (Å²) in [5.74, 6) is 0.828. The Balaban J connectivity index is 1.90. The average Bonchev–Trinajstić information content (AvgIpc) is 2.39. The highest BCUT2D eigenvalue weighted by Crippen LogP contribution is 2.32. The zero-order chi connectivity index (χ0) is 13.7. The maximum Gasteiger partial charge on any atom is 0.00815 e. The van der Waals surface area contributed by atoms with Crippen LogP contribution in [0.5, 0.6) is 0 Å². The highest BCUT2D eigenvalue weighted by Gasteiger charge is 2.15. The summed E-state index contributed by atoms with van der Waals surface area (Å²) in [5, 5.41) is 3.57. The fourth-order valence-corrected chi connectivity index (χ4v) is 3.34. The van der Waals surface area contributed by atoms with Crippen LogP contribution in [0.2, 0.25) is 0 Å². The van der Waals surface area contributed by atoms with E-state index < -0.39 is 0 Å². The molecule has 0 aromatic heterocycles. The van der Waals surface area contributed by atoms with E-state index in [4.69, 9.17) is 0 Å². The molecule has 0 aliphatic heterocycles. The van der Waals surface area contributed by atoms with Gasteiger partial charge in [-0.05, 0) is 43.2 Å². The van der Waals surface area contributed by atoms with Crippen LogP contribution in [0.4, 0.5) is 0 Å². The molecular weight excluding hydrogens is 230 g/mol. The average molecular weight is 259 g/mol. The van der Waals surface area contributed by atoms with E-state index in [0.29, 0.717) is 12.1 Å². The monoisotopic (exact) mass is 259 g/mol. The minimum Gasteiger partial charge on any atom is -0.312 e. The molecule has 0 bridgehead atoms. The Morgan fingerprint density at radius 1 is 1.00 bits per heavy atom. The zero-order valence-corrected chi connectivity index (χ0v) is 12.8. The van der Waals surface area contributed by atoms with Gasteiger partial charge in [-0.25, -0.2) is 0 Å². The van der Waals surface area contributed by atoms with Crippen molar-refractivity contribution in [2.75, 3.05) is 0 Å². The molecule has 1 saturated carbocycles. The lowest BCUT2D eigenvalue weighted by Gasteiger charge is -2.22. The first-order valence-electron chi connectivity index (χ1n) is 8.00. The van der Waals surface area contributed by atoms with Crippen molar-refractivity contribution in [3.63, 3.8) is 0 Å². The van der Waals surface area contributed by atoms with E-state index in [9.17, 15) is 0 Å². The summed E-state index contributed by atoms with van der Waals surface area (Å²) in [6.07, 6.45) is 8.19. The predicted octanol–water partition coefficient (Wildman–Crippen LogP) is 4.66. The molecule has 1 aromatic carbocycles. The first-order valence-corrected chi connectivity index (χ1v) is 8.00. The number of rotatable bonds is 5. The normalized spacial score (nSPS) is 18.7. The van der Waals surface area contributed by atoms with E-state index in [2.05, 4.69) is 50.4 Å². The summed E-state index contributed by atoms with van der Waals surface area (Å²) < 4.78 is 0. The van der Waals surface area contributed by atoms with Gasteiger partial charge in [-0.15, -0.1) is 0 Å².